The molecule has 0 amide bonds. The molecule has 2 heteroatoms. The van der Waals surface area contributed by atoms with Crippen LogP contribution in [0.1, 0.15) is 40.0 Å². The molecule has 0 bridgehead atoms. The fourth-order valence-corrected chi connectivity index (χ4v) is 1.56. The second-order valence-corrected chi connectivity index (χ2v) is 4.57. The van der Waals surface area contributed by atoms with Crippen molar-refractivity contribution in [1.82, 2.24) is 5.32 Å². The van der Waals surface area contributed by atoms with E-state index in [4.69, 9.17) is 4.74 Å². The number of ether oxygens (including phenoxy) is 1. The van der Waals surface area contributed by atoms with Gasteiger partial charge in [-0.05, 0) is 32.2 Å². The van der Waals surface area contributed by atoms with Crippen molar-refractivity contribution < 1.29 is 4.74 Å². The molecule has 1 N–H and O–H groups in total. The highest BCUT2D eigenvalue weighted by atomic mass is 16.5. The largest absolute Gasteiger partial charge is 0.381 e. The maximum absolute atomic E-state index is 5.36. The first-order valence-corrected chi connectivity index (χ1v) is 5.49. The van der Waals surface area contributed by atoms with Gasteiger partial charge in [-0.2, -0.15) is 0 Å². The van der Waals surface area contributed by atoms with Gasteiger partial charge in [-0.15, -0.1) is 0 Å². The Morgan fingerprint density at radius 2 is 2.00 bits per heavy atom. The van der Waals surface area contributed by atoms with Crippen molar-refractivity contribution >= 4 is 0 Å². The molecule has 0 aliphatic carbocycles. The third kappa shape index (κ3) is 3.65. The second-order valence-electron chi connectivity index (χ2n) is 4.57. The van der Waals surface area contributed by atoms with Crippen LogP contribution in [0.5, 0.6) is 0 Å². The first-order valence-electron chi connectivity index (χ1n) is 5.49. The van der Waals surface area contributed by atoms with Crippen LogP contribution in [-0.2, 0) is 4.74 Å². The van der Waals surface area contributed by atoms with Crippen LogP contribution in [0.15, 0.2) is 0 Å². The standard InChI is InChI=1S/C11H23NO/c1-4-10(2)9-12-11(3)5-7-13-8-6-11/h10,12H,4-9H2,1-3H3. The highest BCUT2D eigenvalue weighted by Crippen LogP contribution is 2.19. The van der Waals surface area contributed by atoms with E-state index in [1.165, 1.54) is 6.42 Å². The average Bonchev–Trinajstić information content (AvgIpc) is 2.15. The van der Waals surface area contributed by atoms with Gasteiger partial charge in [-0.25, -0.2) is 0 Å². The maximum atomic E-state index is 5.36. The van der Waals surface area contributed by atoms with Crippen LogP contribution in [0.25, 0.3) is 0 Å². The van der Waals surface area contributed by atoms with Gasteiger partial charge in [0.25, 0.3) is 0 Å². The Labute approximate surface area is 82.0 Å². The molecule has 0 aromatic carbocycles. The molecule has 1 atom stereocenters. The van der Waals surface area contributed by atoms with Gasteiger partial charge >= 0.3 is 0 Å². The Bertz CT molecular complexity index is 141. The summed E-state index contributed by atoms with van der Waals surface area (Å²) in [6.45, 7) is 9.85. The molecular weight excluding hydrogens is 162 g/mol. The Morgan fingerprint density at radius 1 is 1.38 bits per heavy atom. The Balaban J connectivity index is 2.24. The molecule has 1 fully saturated rings. The van der Waals surface area contributed by atoms with Crippen molar-refractivity contribution in [1.29, 1.82) is 0 Å². The number of hydrogen-bond acceptors (Lipinski definition) is 2. The van der Waals surface area contributed by atoms with Gasteiger partial charge in [0.05, 0.1) is 0 Å². The monoisotopic (exact) mass is 185 g/mol. The molecule has 0 radical (unpaired) electrons. The summed E-state index contributed by atoms with van der Waals surface area (Å²) < 4.78 is 5.36. The molecule has 0 aromatic rings. The van der Waals surface area contributed by atoms with Gasteiger partial charge in [-0.1, -0.05) is 20.3 Å². The summed E-state index contributed by atoms with van der Waals surface area (Å²) >= 11 is 0. The van der Waals surface area contributed by atoms with E-state index in [1.54, 1.807) is 0 Å². The Kier molecular flexibility index (Phi) is 4.20. The molecule has 1 heterocycles. The van der Waals surface area contributed by atoms with Crippen LogP contribution < -0.4 is 5.32 Å². The van der Waals surface area contributed by atoms with Crippen LogP contribution in [0.4, 0.5) is 0 Å². The topological polar surface area (TPSA) is 21.3 Å². The minimum absolute atomic E-state index is 0.335. The van der Waals surface area contributed by atoms with Crippen molar-refractivity contribution in [3.05, 3.63) is 0 Å². The lowest BCUT2D eigenvalue weighted by Gasteiger charge is -2.35. The molecule has 78 valence electrons. The van der Waals surface area contributed by atoms with Gasteiger partial charge in [-0.3, -0.25) is 0 Å². The van der Waals surface area contributed by atoms with Crippen molar-refractivity contribution in [2.24, 2.45) is 5.92 Å². The number of nitrogens with one attached hydrogen (secondary N) is 1. The molecule has 0 saturated carbocycles. The zero-order valence-corrected chi connectivity index (χ0v) is 9.23. The van der Waals surface area contributed by atoms with Gasteiger partial charge in [0.1, 0.15) is 0 Å². The van der Waals surface area contributed by atoms with E-state index in [2.05, 4.69) is 26.1 Å². The molecule has 1 aliphatic rings. The van der Waals surface area contributed by atoms with Crippen LogP contribution in [0, 0.1) is 5.92 Å². The van der Waals surface area contributed by atoms with Gasteiger partial charge in [0.2, 0.25) is 0 Å². The molecule has 1 rings (SSSR count). The molecule has 0 spiro atoms. The van der Waals surface area contributed by atoms with Crippen LogP contribution in [0.3, 0.4) is 0 Å². The van der Waals surface area contributed by atoms with Crippen LogP contribution >= 0.6 is 0 Å². The number of rotatable bonds is 4. The van der Waals surface area contributed by atoms with Crippen LogP contribution in [-0.4, -0.2) is 25.3 Å². The Morgan fingerprint density at radius 3 is 2.54 bits per heavy atom. The van der Waals surface area contributed by atoms with Crippen molar-refractivity contribution in [2.75, 3.05) is 19.8 Å². The van der Waals surface area contributed by atoms with E-state index >= 15 is 0 Å². The lowest BCUT2D eigenvalue weighted by molar-refractivity contribution is 0.0439. The molecule has 1 aliphatic heterocycles. The highest BCUT2D eigenvalue weighted by Gasteiger charge is 2.26. The summed E-state index contributed by atoms with van der Waals surface area (Å²) in [4.78, 5) is 0. The predicted octanol–water partition coefficient (Wildman–Crippen LogP) is 2.19. The van der Waals surface area contributed by atoms with E-state index in [0.717, 1.165) is 38.5 Å². The van der Waals surface area contributed by atoms with E-state index < -0.39 is 0 Å². The average molecular weight is 185 g/mol. The van der Waals surface area contributed by atoms with Crippen molar-refractivity contribution in [2.45, 2.75) is 45.6 Å². The van der Waals surface area contributed by atoms with E-state index in [-0.39, 0.29) is 0 Å². The second kappa shape index (κ2) is 4.97. The smallest absolute Gasteiger partial charge is 0.0483 e. The molecule has 0 aromatic heterocycles. The first-order chi connectivity index (χ1) is 6.16. The lowest BCUT2D eigenvalue weighted by Crippen LogP contribution is -2.48. The molecule has 1 unspecified atom stereocenters. The molecule has 1 saturated heterocycles. The fraction of sp³-hybridized carbons (Fsp3) is 1.00. The highest BCUT2D eigenvalue weighted by molar-refractivity contribution is 4.85. The molecule has 2 nitrogen and oxygen atoms in total. The zero-order chi connectivity index (χ0) is 9.73. The summed E-state index contributed by atoms with van der Waals surface area (Å²) in [5.41, 5.74) is 0.335. The summed E-state index contributed by atoms with van der Waals surface area (Å²) in [5.74, 6) is 0.791. The van der Waals surface area contributed by atoms with Gasteiger partial charge in [0.15, 0.2) is 0 Å². The minimum atomic E-state index is 0.335. The third-order valence-corrected chi connectivity index (χ3v) is 3.17. The maximum Gasteiger partial charge on any atom is 0.0483 e. The third-order valence-electron chi connectivity index (χ3n) is 3.17. The SMILES string of the molecule is CCC(C)CNC1(C)CCOCC1. The minimum Gasteiger partial charge on any atom is -0.381 e. The normalized spacial score (nSPS) is 24.2. The molecular formula is C11H23NO. The Hall–Kier alpha value is -0.0800. The number of hydrogen-bond donors (Lipinski definition) is 1. The quantitative estimate of drug-likeness (QED) is 0.725. The van der Waals surface area contributed by atoms with Crippen LogP contribution in [0.2, 0.25) is 0 Å². The summed E-state index contributed by atoms with van der Waals surface area (Å²) in [5, 5.41) is 3.67. The predicted molar refractivity (Wildman–Crippen MR) is 55.9 cm³/mol. The van der Waals surface area contributed by atoms with Gasteiger partial charge in [0, 0.05) is 18.8 Å². The molecule has 13 heavy (non-hydrogen) atoms. The first kappa shape index (κ1) is 11.0. The van der Waals surface area contributed by atoms with E-state index in [9.17, 15) is 0 Å². The van der Waals surface area contributed by atoms with Crippen molar-refractivity contribution in [3.63, 3.8) is 0 Å². The summed E-state index contributed by atoms with van der Waals surface area (Å²) in [6.07, 6.45) is 3.58. The van der Waals surface area contributed by atoms with E-state index in [1.807, 2.05) is 0 Å². The summed E-state index contributed by atoms with van der Waals surface area (Å²) in [7, 11) is 0. The van der Waals surface area contributed by atoms with Gasteiger partial charge < -0.3 is 10.1 Å². The lowest BCUT2D eigenvalue weighted by atomic mass is 9.92. The fourth-order valence-electron chi connectivity index (χ4n) is 1.56. The van der Waals surface area contributed by atoms with E-state index in [0.29, 0.717) is 5.54 Å². The van der Waals surface area contributed by atoms with Crippen molar-refractivity contribution in [3.8, 4) is 0 Å². The summed E-state index contributed by atoms with van der Waals surface area (Å²) in [6, 6.07) is 0. The zero-order valence-electron chi connectivity index (χ0n) is 9.23.